The van der Waals surface area contributed by atoms with E-state index >= 15 is 4.39 Å². The van der Waals surface area contributed by atoms with Crippen LogP contribution in [0.5, 0.6) is 0 Å². The van der Waals surface area contributed by atoms with E-state index in [-0.39, 0.29) is 22.5 Å². The summed E-state index contributed by atoms with van der Waals surface area (Å²) in [6, 6.07) is 7.37. The molecule has 1 aromatic heterocycles. The molecule has 0 aliphatic carbocycles. The van der Waals surface area contributed by atoms with Crippen LogP contribution in [0.3, 0.4) is 0 Å². The van der Waals surface area contributed by atoms with Crippen LogP contribution in [-0.4, -0.2) is 55.2 Å². The Bertz CT molecular complexity index is 1300. The van der Waals surface area contributed by atoms with Crippen LogP contribution in [0.15, 0.2) is 65.3 Å². The van der Waals surface area contributed by atoms with E-state index in [9.17, 15) is 9.50 Å². The lowest BCUT2D eigenvalue weighted by Crippen LogP contribution is -2.36. The molecule has 4 rings (SSSR count). The average molecular weight is 481 g/mol. The molecule has 1 N–H and O–H groups in total. The fourth-order valence-electron chi connectivity index (χ4n) is 3.97. The van der Waals surface area contributed by atoms with Crippen molar-refractivity contribution in [3.63, 3.8) is 0 Å². The Kier molecular flexibility index (Phi) is 7.48. The topological polar surface area (TPSA) is 80.1 Å². The number of aliphatic hydroxyl groups is 1. The minimum atomic E-state index is -1.04. The Labute approximate surface area is 202 Å². The summed E-state index contributed by atoms with van der Waals surface area (Å²) in [7, 11) is 1.46. The van der Waals surface area contributed by atoms with Gasteiger partial charge in [0.25, 0.3) is 0 Å². The summed E-state index contributed by atoms with van der Waals surface area (Å²) in [5.41, 5.74) is 2.23. The summed E-state index contributed by atoms with van der Waals surface area (Å²) in [5, 5.41) is 10.9. The van der Waals surface area contributed by atoms with Crippen LogP contribution in [0.1, 0.15) is 18.6 Å². The molecule has 35 heavy (non-hydrogen) atoms. The quantitative estimate of drug-likeness (QED) is 0.303. The van der Waals surface area contributed by atoms with Crippen molar-refractivity contribution in [2.24, 2.45) is 4.99 Å². The summed E-state index contributed by atoms with van der Waals surface area (Å²) in [5.74, 6) is -0.845. The second-order valence-corrected chi connectivity index (χ2v) is 8.06. The molecule has 3 aromatic rings. The molecule has 0 saturated carbocycles. The Balaban J connectivity index is 1.74. The van der Waals surface area contributed by atoms with Gasteiger partial charge in [0.05, 0.1) is 36.9 Å². The molecule has 0 spiro atoms. The predicted octanol–water partition coefficient (Wildman–Crippen LogP) is 4.58. The standard InChI is InChI=1S/C26H26F2N4O3/c1-16(4-7-23(29-2)34-3)26(33)17-5-6-20(27)19(12-17)25-24-21(28)13-18(14-22(24)30-15-31-25)32-8-10-35-11-9-32/h4-7,12-15,26,33H,2,8-11H2,1,3H3/b16-4+,23-7+. The van der Waals surface area contributed by atoms with Gasteiger partial charge >= 0.3 is 0 Å². The van der Waals surface area contributed by atoms with Gasteiger partial charge in [-0.05, 0) is 49.0 Å². The second kappa shape index (κ2) is 10.7. The van der Waals surface area contributed by atoms with Crippen LogP contribution in [0.2, 0.25) is 0 Å². The van der Waals surface area contributed by atoms with Crippen molar-refractivity contribution >= 4 is 23.3 Å². The lowest BCUT2D eigenvalue weighted by molar-refractivity contribution is 0.122. The van der Waals surface area contributed by atoms with Crippen LogP contribution in [-0.2, 0) is 9.47 Å². The third kappa shape index (κ3) is 5.21. The molecule has 1 fully saturated rings. The molecule has 182 valence electrons. The highest BCUT2D eigenvalue weighted by Crippen LogP contribution is 2.34. The molecule has 1 saturated heterocycles. The van der Waals surface area contributed by atoms with Gasteiger partial charge in [-0.25, -0.2) is 23.7 Å². The lowest BCUT2D eigenvalue weighted by Gasteiger charge is -2.29. The first-order valence-electron chi connectivity index (χ1n) is 11.1. The highest BCUT2D eigenvalue weighted by atomic mass is 19.1. The third-order valence-electron chi connectivity index (χ3n) is 5.90. The average Bonchev–Trinajstić information content (AvgIpc) is 2.89. The largest absolute Gasteiger partial charge is 0.481 e. The Morgan fingerprint density at radius 3 is 2.66 bits per heavy atom. The molecule has 9 heteroatoms. The number of aromatic nitrogens is 2. The van der Waals surface area contributed by atoms with E-state index in [4.69, 9.17) is 9.47 Å². The summed E-state index contributed by atoms with van der Waals surface area (Å²) in [6.07, 6.45) is 3.44. The Morgan fingerprint density at radius 2 is 1.94 bits per heavy atom. The summed E-state index contributed by atoms with van der Waals surface area (Å²) in [4.78, 5) is 14.2. The number of aliphatic imine (C=N–C) groups is 1. The zero-order valence-corrected chi connectivity index (χ0v) is 19.5. The zero-order valence-electron chi connectivity index (χ0n) is 19.5. The fourth-order valence-corrected chi connectivity index (χ4v) is 3.97. The van der Waals surface area contributed by atoms with E-state index < -0.39 is 17.7 Å². The molecule has 2 aromatic carbocycles. The van der Waals surface area contributed by atoms with Gasteiger partial charge in [-0.15, -0.1) is 0 Å². The summed E-state index contributed by atoms with van der Waals surface area (Å²) < 4.78 is 40.7. The van der Waals surface area contributed by atoms with Crippen LogP contribution in [0, 0.1) is 11.6 Å². The molecule has 0 bridgehead atoms. The summed E-state index contributed by atoms with van der Waals surface area (Å²) in [6.45, 7) is 7.54. The number of morpholine rings is 1. The Hall–Kier alpha value is -3.69. The molecule has 1 aliphatic heterocycles. The number of methoxy groups -OCH3 is 1. The number of anilines is 1. The molecule has 1 atom stereocenters. The van der Waals surface area contributed by atoms with Crippen LogP contribution in [0.25, 0.3) is 22.2 Å². The molecule has 0 amide bonds. The zero-order chi connectivity index (χ0) is 24.9. The number of benzene rings is 2. The van der Waals surface area contributed by atoms with E-state index in [0.29, 0.717) is 48.6 Å². The first-order valence-corrected chi connectivity index (χ1v) is 11.1. The lowest BCUT2D eigenvalue weighted by atomic mass is 9.97. The summed E-state index contributed by atoms with van der Waals surface area (Å²) >= 11 is 0. The van der Waals surface area contributed by atoms with Gasteiger partial charge in [-0.3, -0.25) is 0 Å². The van der Waals surface area contributed by atoms with E-state index in [1.54, 1.807) is 25.1 Å². The van der Waals surface area contributed by atoms with Crippen molar-refractivity contribution in [2.45, 2.75) is 13.0 Å². The van der Waals surface area contributed by atoms with Crippen molar-refractivity contribution in [3.8, 4) is 11.3 Å². The maximum atomic E-state index is 15.4. The molecule has 7 nitrogen and oxygen atoms in total. The first kappa shape index (κ1) is 24.4. The van der Waals surface area contributed by atoms with E-state index in [1.165, 1.54) is 37.7 Å². The van der Waals surface area contributed by atoms with E-state index in [1.807, 2.05) is 4.90 Å². The second-order valence-electron chi connectivity index (χ2n) is 8.06. The minimum Gasteiger partial charge on any atom is -0.481 e. The number of aliphatic hydroxyl groups excluding tert-OH is 1. The number of nitrogens with zero attached hydrogens (tertiary/aromatic N) is 4. The minimum absolute atomic E-state index is 0.0700. The van der Waals surface area contributed by atoms with Gasteiger partial charge in [0.15, 0.2) is 0 Å². The molecule has 1 aliphatic rings. The first-order chi connectivity index (χ1) is 16.9. The van der Waals surface area contributed by atoms with Crippen LogP contribution >= 0.6 is 0 Å². The van der Waals surface area contributed by atoms with Crippen LogP contribution in [0.4, 0.5) is 14.5 Å². The molecule has 0 radical (unpaired) electrons. The highest BCUT2D eigenvalue weighted by Gasteiger charge is 2.20. The number of rotatable bonds is 7. The van der Waals surface area contributed by atoms with Crippen molar-refractivity contribution in [2.75, 3.05) is 38.3 Å². The number of ether oxygens (including phenoxy) is 2. The molecule has 1 unspecified atom stereocenters. The maximum Gasteiger partial charge on any atom is 0.212 e. The van der Waals surface area contributed by atoms with Crippen molar-refractivity contribution in [1.29, 1.82) is 0 Å². The highest BCUT2D eigenvalue weighted by molar-refractivity contribution is 5.94. The fraction of sp³-hybridized carbons (Fsp3) is 0.269. The number of halogens is 2. The number of fused-ring (bicyclic) bond motifs is 1. The van der Waals surface area contributed by atoms with E-state index in [2.05, 4.69) is 21.7 Å². The van der Waals surface area contributed by atoms with Gasteiger partial charge < -0.3 is 19.5 Å². The number of hydrogen-bond acceptors (Lipinski definition) is 7. The molecular weight excluding hydrogens is 454 g/mol. The predicted molar refractivity (Wildman–Crippen MR) is 131 cm³/mol. The van der Waals surface area contributed by atoms with Crippen molar-refractivity contribution in [1.82, 2.24) is 9.97 Å². The van der Waals surface area contributed by atoms with E-state index in [0.717, 1.165) is 0 Å². The third-order valence-corrected chi connectivity index (χ3v) is 5.90. The van der Waals surface area contributed by atoms with Gasteiger partial charge in [0.1, 0.15) is 24.1 Å². The molecular formula is C26H26F2N4O3. The maximum absolute atomic E-state index is 15.4. The SMILES string of the molecule is C=N/C(=C\C=C(/C)C(O)c1ccc(F)c(-c2ncnc3cc(N4CCOCC4)cc(F)c23)c1)OC. The van der Waals surface area contributed by atoms with Gasteiger partial charge in [0, 0.05) is 30.4 Å². The van der Waals surface area contributed by atoms with Crippen molar-refractivity contribution < 1.29 is 23.4 Å². The number of allylic oxidation sites excluding steroid dienone is 2. The van der Waals surface area contributed by atoms with Crippen LogP contribution < -0.4 is 4.90 Å². The van der Waals surface area contributed by atoms with Gasteiger partial charge in [-0.2, -0.15) is 0 Å². The van der Waals surface area contributed by atoms with Gasteiger partial charge in [-0.1, -0.05) is 12.1 Å². The normalized spacial score (nSPS) is 15.9. The molecule has 2 heterocycles. The monoisotopic (exact) mass is 480 g/mol. The van der Waals surface area contributed by atoms with Gasteiger partial charge in [0.2, 0.25) is 5.88 Å². The van der Waals surface area contributed by atoms with Crippen molar-refractivity contribution in [3.05, 3.63) is 77.5 Å². The Morgan fingerprint density at radius 1 is 1.17 bits per heavy atom. The number of hydrogen-bond donors (Lipinski definition) is 1. The smallest absolute Gasteiger partial charge is 0.212 e.